The minimum absolute atomic E-state index is 0.0503. The minimum atomic E-state index is -0.902. The molecule has 6 heteroatoms. The first-order chi connectivity index (χ1) is 12.5. The van der Waals surface area contributed by atoms with Crippen molar-refractivity contribution < 1.29 is 19.1 Å². The molecule has 1 amide bonds. The number of rotatable bonds is 5. The smallest absolute Gasteiger partial charge is 0.338 e. The molecule has 0 bridgehead atoms. The van der Waals surface area contributed by atoms with Gasteiger partial charge < -0.3 is 9.64 Å². The van der Waals surface area contributed by atoms with Gasteiger partial charge in [-0.15, -0.1) is 0 Å². The summed E-state index contributed by atoms with van der Waals surface area (Å²) in [7, 11) is 0. The lowest BCUT2D eigenvalue weighted by Gasteiger charge is -2.17. The summed E-state index contributed by atoms with van der Waals surface area (Å²) < 4.78 is 6.19. The number of ketones is 1. The highest BCUT2D eigenvalue weighted by Crippen LogP contribution is 2.23. The minimum Gasteiger partial charge on any atom is -0.451 e. The van der Waals surface area contributed by atoms with Crippen molar-refractivity contribution in [3.8, 4) is 0 Å². The maximum Gasteiger partial charge on any atom is 0.338 e. The quantitative estimate of drug-likeness (QED) is 0.546. The summed E-state index contributed by atoms with van der Waals surface area (Å²) >= 11 is 3.32. The van der Waals surface area contributed by atoms with Crippen molar-refractivity contribution in [2.75, 3.05) is 11.4 Å². The van der Waals surface area contributed by atoms with Gasteiger partial charge in [0.15, 0.2) is 6.10 Å². The zero-order chi connectivity index (χ0) is 18.7. The highest BCUT2D eigenvalue weighted by atomic mass is 79.9. The van der Waals surface area contributed by atoms with E-state index in [1.165, 1.54) is 0 Å². The van der Waals surface area contributed by atoms with Crippen LogP contribution < -0.4 is 4.90 Å². The SMILES string of the molecule is C[C@H](OC(=O)c1cccc(N2CCCC2=O)c1)C(=O)c1ccc(Br)cc1. The number of Topliss-reactive ketones (excluding diaryl/α,β-unsaturated/α-hetero) is 1. The third-order valence-corrected chi connectivity index (χ3v) is 4.78. The zero-order valence-electron chi connectivity index (χ0n) is 14.3. The summed E-state index contributed by atoms with van der Waals surface area (Å²) in [5.41, 5.74) is 1.47. The van der Waals surface area contributed by atoms with Crippen LogP contribution in [0.15, 0.2) is 53.0 Å². The van der Waals surface area contributed by atoms with Crippen LogP contribution >= 0.6 is 15.9 Å². The lowest BCUT2D eigenvalue weighted by Crippen LogP contribution is -2.25. The first-order valence-electron chi connectivity index (χ1n) is 8.37. The summed E-state index contributed by atoms with van der Waals surface area (Å²) in [4.78, 5) is 38.3. The Morgan fingerprint density at radius 1 is 1.12 bits per heavy atom. The van der Waals surface area contributed by atoms with Crippen molar-refractivity contribution in [3.63, 3.8) is 0 Å². The molecule has 0 spiro atoms. The molecule has 1 fully saturated rings. The number of carbonyl (C=O) groups is 3. The fourth-order valence-electron chi connectivity index (χ4n) is 2.85. The van der Waals surface area contributed by atoms with Gasteiger partial charge in [-0.2, -0.15) is 0 Å². The van der Waals surface area contributed by atoms with E-state index in [0.717, 1.165) is 10.9 Å². The molecule has 2 aromatic rings. The molecule has 1 aliphatic rings. The Kier molecular flexibility index (Phi) is 5.52. The van der Waals surface area contributed by atoms with E-state index in [-0.39, 0.29) is 11.7 Å². The Bertz CT molecular complexity index is 847. The predicted octanol–water partition coefficient (Wildman–Crippen LogP) is 4.00. The van der Waals surface area contributed by atoms with E-state index >= 15 is 0 Å². The van der Waals surface area contributed by atoms with Gasteiger partial charge >= 0.3 is 5.97 Å². The zero-order valence-corrected chi connectivity index (χ0v) is 15.9. The Morgan fingerprint density at radius 2 is 1.85 bits per heavy atom. The highest BCUT2D eigenvalue weighted by Gasteiger charge is 2.24. The number of hydrogen-bond acceptors (Lipinski definition) is 4. The van der Waals surface area contributed by atoms with E-state index in [1.807, 2.05) is 0 Å². The molecule has 0 unspecified atom stereocenters. The number of anilines is 1. The van der Waals surface area contributed by atoms with Gasteiger partial charge in [0.2, 0.25) is 11.7 Å². The van der Waals surface area contributed by atoms with Crippen LogP contribution in [0.25, 0.3) is 0 Å². The van der Waals surface area contributed by atoms with Gasteiger partial charge in [-0.05, 0) is 43.7 Å². The average Bonchev–Trinajstić information content (AvgIpc) is 3.07. The molecule has 134 valence electrons. The van der Waals surface area contributed by atoms with Gasteiger partial charge in [0.25, 0.3) is 0 Å². The normalized spacial score (nSPS) is 15.0. The van der Waals surface area contributed by atoms with Crippen LogP contribution in [0.5, 0.6) is 0 Å². The number of benzene rings is 2. The molecule has 0 radical (unpaired) electrons. The van der Waals surface area contributed by atoms with Crippen LogP contribution in [-0.2, 0) is 9.53 Å². The molecule has 3 rings (SSSR count). The van der Waals surface area contributed by atoms with E-state index in [9.17, 15) is 14.4 Å². The molecule has 1 atom stereocenters. The fourth-order valence-corrected chi connectivity index (χ4v) is 3.12. The van der Waals surface area contributed by atoms with Crippen LogP contribution in [0, 0.1) is 0 Å². The molecular formula is C20H18BrNO4. The highest BCUT2D eigenvalue weighted by molar-refractivity contribution is 9.10. The number of halogens is 1. The molecule has 0 aliphatic carbocycles. The molecule has 26 heavy (non-hydrogen) atoms. The molecule has 1 saturated heterocycles. The molecule has 2 aromatic carbocycles. The van der Waals surface area contributed by atoms with Crippen LogP contribution in [0.2, 0.25) is 0 Å². The largest absolute Gasteiger partial charge is 0.451 e. The monoisotopic (exact) mass is 415 g/mol. The van der Waals surface area contributed by atoms with Crippen LogP contribution in [-0.4, -0.2) is 30.3 Å². The third kappa shape index (κ3) is 4.02. The van der Waals surface area contributed by atoms with Crippen LogP contribution in [0.4, 0.5) is 5.69 Å². The summed E-state index contributed by atoms with van der Waals surface area (Å²) in [6.07, 6.45) is 0.431. The molecule has 0 N–H and O–H groups in total. The van der Waals surface area contributed by atoms with Crippen molar-refractivity contribution in [3.05, 3.63) is 64.1 Å². The number of amides is 1. The van der Waals surface area contributed by atoms with Gasteiger partial charge in [-0.25, -0.2) is 4.79 Å². The van der Waals surface area contributed by atoms with E-state index in [2.05, 4.69) is 15.9 Å². The lowest BCUT2D eigenvalue weighted by atomic mass is 10.1. The van der Waals surface area contributed by atoms with Crippen molar-refractivity contribution in [2.45, 2.75) is 25.9 Å². The molecule has 1 aliphatic heterocycles. The van der Waals surface area contributed by atoms with Crippen molar-refractivity contribution in [2.24, 2.45) is 0 Å². The Labute approximate surface area is 160 Å². The topological polar surface area (TPSA) is 63.7 Å². The van der Waals surface area contributed by atoms with Crippen molar-refractivity contribution in [1.29, 1.82) is 0 Å². The Balaban J connectivity index is 1.70. The first kappa shape index (κ1) is 18.3. The Hall–Kier alpha value is -2.47. The van der Waals surface area contributed by atoms with Crippen LogP contribution in [0.3, 0.4) is 0 Å². The Morgan fingerprint density at radius 3 is 2.50 bits per heavy atom. The number of ether oxygens (including phenoxy) is 1. The maximum absolute atomic E-state index is 12.4. The molecule has 0 aromatic heterocycles. The molecule has 5 nitrogen and oxygen atoms in total. The van der Waals surface area contributed by atoms with Gasteiger partial charge in [0.1, 0.15) is 0 Å². The molecular weight excluding hydrogens is 398 g/mol. The standard InChI is InChI=1S/C20H18BrNO4/c1-13(19(24)14-7-9-16(21)10-8-14)26-20(25)15-4-2-5-17(12-15)22-11-3-6-18(22)23/h2,4-5,7-10,12-13H,3,6,11H2,1H3/t13-/m0/s1. The van der Waals surface area contributed by atoms with Gasteiger partial charge in [-0.1, -0.05) is 34.1 Å². The van der Waals surface area contributed by atoms with Crippen molar-refractivity contribution in [1.82, 2.24) is 0 Å². The number of hydrogen-bond donors (Lipinski definition) is 0. The van der Waals surface area contributed by atoms with E-state index in [1.54, 1.807) is 60.4 Å². The molecule has 1 heterocycles. The summed E-state index contributed by atoms with van der Waals surface area (Å²) in [5.74, 6) is -0.803. The number of esters is 1. The van der Waals surface area contributed by atoms with Crippen LogP contribution in [0.1, 0.15) is 40.5 Å². The van der Waals surface area contributed by atoms with E-state index in [0.29, 0.717) is 29.8 Å². The maximum atomic E-state index is 12.4. The summed E-state index contributed by atoms with van der Waals surface area (Å²) in [6, 6.07) is 13.6. The number of nitrogens with zero attached hydrogens (tertiary/aromatic N) is 1. The van der Waals surface area contributed by atoms with Gasteiger partial charge in [-0.3, -0.25) is 9.59 Å². The second-order valence-corrected chi connectivity index (χ2v) is 7.03. The lowest BCUT2D eigenvalue weighted by molar-refractivity contribution is -0.117. The number of carbonyl (C=O) groups excluding carboxylic acids is 3. The third-order valence-electron chi connectivity index (χ3n) is 4.25. The average molecular weight is 416 g/mol. The van der Waals surface area contributed by atoms with Gasteiger partial charge in [0.05, 0.1) is 5.56 Å². The van der Waals surface area contributed by atoms with Crippen molar-refractivity contribution >= 4 is 39.3 Å². The predicted molar refractivity (Wildman–Crippen MR) is 101 cm³/mol. The van der Waals surface area contributed by atoms with E-state index in [4.69, 9.17) is 4.74 Å². The molecule has 0 saturated carbocycles. The fraction of sp³-hybridized carbons (Fsp3) is 0.250. The summed E-state index contributed by atoms with van der Waals surface area (Å²) in [6.45, 7) is 2.20. The summed E-state index contributed by atoms with van der Waals surface area (Å²) in [5, 5.41) is 0. The van der Waals surface area contributed by atoms with Gasteiger partial charge in [0, 0.05) is 28.7 Å². The first-order valence-corrected chi connectivity index (χ1v) is 9.16. The van der Waals surface area contributed by atoms with E-state index < -0.39 is 12.1 Å². The second-order valence-electron chi connectivity index (χ2n) is 6.12. The second kappa shape index (κ2) is 7.83.